The lowest BCUT2D eigenvalue weighted by atomic mass is 10.2. The summed E-state index contributed by atoms with van der Waals surface area (Å²) >= 11 is 0. The van der Waals surface area contributed by atoms with Crippen molar-refractivity contribution in [2.75, 3.05) is 32.5 Å². The Kier molecular flexibility index (Phi) is 5.71. The molecule has 2 N–H and O–H groups in total. The van der Waals surface area contributed by atoms with Crippen molar-refractivity contribution in [3.8, 4) is 0 Å². The van der Waals surface area contributed by atoms with Crippen LogP contribution < -0.4 is 5.32 Å². The molecule has 7 heteroatoms. The van der Waals surface area contributed by atoms with Gasteiger partial charge in [-0.05, 0) is 25.1 Å². The highest BCUT2D eigenvalue weighted by molar-refractivity contribution is 5.94. The summed E-state index contributed by atoms with van der Waals surface area (Å²) in [6.45, 7) is 2.09. The van der Waals surface area contributed by atoms with Crippen molar-refractivity contribution >= 4 is 23.6 Å². The topological polar surface area (TPSA) is 90.0 Å². The van der Waals surface area contributed by atoms with E-state index < -0.39 is 12.0 Å². The van der Waals surface area contributed by atoms with E-state index in [1.807, 2.05) is 0 Å². The van der Waals surface area contributed by atoms with E-state index in [2.05, 4.69) is 5.32 Å². The average molecular weight is 293 g/mol. The van der Waals surface area contributed by atoms with Crippen LogP contribution in [-0.4, -0.2) is 60.0 Å². The summed E-state index contributed by atoms with van der Waals surface area (Å²) in [4.78, 5) is 37.3. The number of rotatable bonds is 5. The van der Waals surface area contributed by atoms with Crippen molar-refractivity contribution in [1.29, 1.82) is 0 Å². The Morgan fingerprint density at radius 1 is 1.24 bits per heavy atom. The lowest BCUT2D eigenvalue weighted by Crippen LogP contribution is -2.42. The molecule has 0 radical (unpaired) electrons. The van der Waals surface area contributed by atoms with Crippen LogP contribution in [0, 0.1) is 0 Å². The van der Waals surface area contributed by atoms with E-state index in [1.165, 1.54) is 21.9 Å². The predicted molar refractivity (Wildman–Crippen MR) is 78.4 cm³/mol. The van der Waals surface area contributed by atoms with Gasteiger partial charge in [0.25, 0.3) is 0 Å². The summed E-state index contributed by atoms with van der Waals surface area (Å²) in [5, 5.41) is 11.5. The fourth-order valence-electron chi connectivity index (χ4n) is 1.56. The number of hydrogen-bond acceptors (Lipinski definition) is 3. The molecule has 7 nitrogen and oxygen atoms in total. The Morgan fingerprint density at radius 3 is 2.43 bits per heavy atom. The van der Waals surface area contributed by atoms with Crippen LogP contribution in [0.2, 0.25) is 0 Å². The molecule has 0 spiro atoms. The molecular formula is C14H19N3O4. The predicted octanol–water partition coefficient (Wildman–Crippen LogP) is 1.33. The highest BCUT2D eigenvalue weighted by Crippen LogP contribution is 2.11. The number of aromatic carboxylic acids is 1. The first-order valence-corrected chi connectivity index (χ1v) is 6.44. The zero-order valence-electron chi connectivity index (χ0n) is 12.3. The van der Waals surface area contributed by atoms with Crippen molar-refractivity contribution in [2.24, 2.45) is 0 Å². The van der Waals surface area contributed by atoms with Crippen molar-refractivity contribution in [2.45, 2.75) is 6.92 Å². The zero-order valence-corrected chi connectivity index (χ0v) is 12.3. The van der Waals surface area contributed by atoms with Gasteiger partial charge in [0, 0.05) is 26.3 Å². The number of carbonyl (C=O) groups excluding carboxylic acids is 2. The number of likely N-dealkylation sites (N-methyl/N-ethyl adjacent to an activating group) is 2. The first-order valence-electron chi connectivity index (χ1n) is 6.44. The third kappa shape index (κ3) is 4.79. The van der Waals surface area contributed by atoms with Crippen LogP contribution in [0.3, 0.4) is 0 Å². The Balaban J connectivity index is 2.76. The maximum absolute atomic E-state index is 12.1. The molecule has 1 rings (SSSR count). The van der Waals surface area contributed by atoms with Crippen molar-refractivity contribution in [3.63, 3.8) is 0 Å². The van der Waals surface area contributed by atoms with Gasteiger partial charge in [-0.1, -0.05) is 6.07 Å². The standard InChI is InChI=1S/C14H19N3O4/c1-4-17(9-12(18)16(2)3)14(21)15-11-7-5-6-10(8-11)13(19)20/h5-8H,4,9H2,1-3H3,(H,15,21)(H,19,20). The molecule has 0 aromatic heterocycles. The van der Waals surface area contributed by atoms with E-state index in [9.17, 15) is 14.4 Å². The van der Waals surface area contributed by atoms with E-state index in [0.717, 1.165) is 0 Å². The van der Waals surface area contributed by atoms with Crippen LogP contribution in [0.4, 0.5) is 10.5 Å². The molecule has 1 aromatic carbocycles. The van der Waals surface area contributed by atoms with Crippen LogP contribution >= 0.6 is 0 Å². The SMILES string of the molecule is CCN(CC(=O)N(C)C)C(=O)Nc1cccc(C(=O)O)c1. The molecule has 0 saturated heterocycles. The van der Waals surface area contributed by atoms with E-state index in [1.54, 1.807) is 33.2 Å². The van der Waals surface area contributed by atoms with E-state index in [4.69, 9.17) is 5.11 Å². The van der Waals surface area contributed by atoms with Gasteiger partial charge in [0.1, 0.15) is 6.54 Å². The number of carbonyl (C=O) groups is 3. The first-order chi connectivity index (χ1) is 9.85. The lowest BCUT2D eigenvalue weighted by Gasteiger charge is -2.22. The van der Waals surface area contributed by atoms with Crippen LogP contribution in [0.5, 0.6) is 0 Å². The first kappa shape index (κ1) is 16.5. The van der Waals surface area contributed by atoms with Crippen molar-refractivity contribution < 1.29 is 19.5 Å². The number of hydrogen-bond donors (Lipinski definition) is 2. The fourth-order valence-corrected chi connectivity index (χ4v) is 1.56. The largest absolute Gasteiger partial charge is 0.478 e. The summed E-state index contributed by atoms with van der Waals surface area (Å²) in [5.74, 6) is -1.26. The molecular weight excluding hydrogens is 274 g/mol. The molecule has 0 aliphatic rings. The molecule has 0 fully saturated rings. The van der Waals surface area contributed by atoms with Gasteiger partial charge in [-0.3, -0.25) is 4.79 Å². The smallest absolute Gasteiger partial charge is 0.335 e. The Labute approximate surface area is 123 Å². The Bertz CT molecular complexity index is 543. The summed E-state index contributed by atoms with van der Waals surface area (Å²) in [5.41, 5.74) is 0.455. The molecule has 0 atom stereocenters. The summed E-state index contributed by atoms with van der Waals surface area (Å²) < 4.78 is 0. The fraction of sp³-hybridized carbons (Fsp3) is 0.357. The van der Waals surface area contributed by atoms with Gasteiger partial charge in [0.2, 0.25) is 5.91 Å². The van der Waals surface area contributed by atoms with Crippen molar-refractivity contribution in [1.82, 2.24) is 9.80 Å². The minimum absolute atomic E-state index is 0.0338. The van der Waals surface area contributed by atoms with Crippen molar-refractivity contribution in [3.05, 3.63) is 29.8 Å². The second-order valence-electron chi connectivity index (χ2n) is 4.62. The van der Waals surface area contributed by atoms with E-state index in [0.29, 0.717) is 12.2 Å². The molecule has 3 amide bonds. The molecule has 0 saturated carbocycles. The molecule has 21 heavy (non-hydrogen) atoms. The summed E-state index contributed by atoms with van der Waals surface area (Å²) in [7, 11) is 3.23. The third-order valence-corrected chi connectivity index (χ3v) is 2.85. The molecule has 0 heterocycles. The number of benzene rings is 1. The number of urea groups is 1. The number of carboxylic acid groups (broad SMARTS) is 1. The maximum Gasteiger partial charge on any atom is 0.335 e. The molecule has 1 aromatic rings. The van der Waals surface area contributed by atoms with E-state index in [-0.39, 0.29) is 18.0 Å². The van der Waals surface area contributed by atoms with Gasteiger partial charge < -0.3 is 20.2 Å². The zero-order chi connectivity index (χ0) is 16.0. The van der Waals surface area contributed by atoms with Gasteiger partial charge >= 0.3 is 12.0 Å². The van der Waals surface area contributed by atoms with Gasteiger partial charge in [0.15, 0.2) is 0 Å². The lowest BCUT2D eigenvalue weighted by molar-refractivity contribution is -0.129. The van der Waals surface area contributed by atoms with Crippen LogP contribution in [0.15, 0.2) is 24.3 Å². The second kappa shape index (κ2) is 7.28. The summed E-state index contributed by atoms with van der Waals surface area (Å²) in [6.07, 6.45) is 0. The molecule has 0 unspecified atom stereocenters. The number of anilines is 1. The minimum atomic E-state index is -1.07. The van der Waals surface area contributed by atoms with Gasteiger partial charge in [-0.15, -0.1) is 0 Å². The number of nitrogens with zero attached hydrogens (tertiary/aromatic N) is 2. The number of amides is 3. The Hall–Kier alpha value is -2.57. The summed E-state index contributed by atoms with van der Waals surface area (Å²) in [6, 6.07) is 5.48. The quantitative estimate of drug-likeness (QED) is 0.857. The maximum atomic E-state index is 12.1. The third-order valence-electron chi connectivity index (χ3n) is 2.85. The molecule has 0 aliphatic carbocycles. The molecule has 114 valence electrons. The van der Waals surface area contributed by atoms with Gasteiger partial charge in [-0.2, -0.15) is 0 Å². The van der Waals surface area contributed by atoms with E-state index >= 15 is 0 Å². The minimum Gasteiger partial charge on any atom is -0.478 e. The monoisotopic (exact) mass is 293 g/mol. The second-order valence-corrected chi connectivity index (χ2v) is 4.62. The van der Waals surface area contributed by atoms with Gasteiger partial charge in [0.05, 0.1) is 5.56 Å². The molecule has 0 bridgehead atoms. The van der Waals surface area contributed by atoms with Crippen LogP contribution in [0.25, 0.3) is 0 Å². The van der Waals surface area contributed by atoms with Gasteiger partial charge in [-0.25, -0.2) is 9.59 Å². The highest BCUT2D eigenvalue weighted by atomic mass is 16.4. The highest BCUT2D eigenvalue weighted by Gasteiger charge is 2.17. The van der Waals surface area contributed by atoms with Crippen LogP contribution in [-0.2, 0) is 4.79 Å². The number of nitrogens with one attached hydrogen (secondary N) is 1. The van der Waals surface area contributed by atoms with Crippen LogP contribution in [0.1, 0.15) is 17.3 Å². The normalized spacial score (nSPS) is 9.86. The molecule has 0 aliphatic heterocycles. The average Bonchev–Trinajstić information content (AvgIpc) is 2.44. The Morgan fingerprint density at radius 2 is 1.90 bits per heavy atom. The number of carboxylic acids is 1.